The fourth-order valence-corrected chi connectivity index (χ4v) is 2.38. The van der Waals surface area contributed by atoms with Crippen molar-refractivity contribution in [1.29, 1.82) is 0 Å². The van der Waals surface area contributed by atoms with Gasteiger partial charge in [-0.1, -0.05) is 44.5 Å². The number of halogens is 2. The normalized spacial score (nSPS) is 13.6. The number of anilines is 1. The minimum absolute atomic E-state index is 0.192. The first-order valence-corrected chi connectivity index (χ1v) is 6.76. The van der Waals surface area contributed by atoms with Crippen molar-refractivity contribution in [3.63, 3.8) is 0 Å². The molecule has 0 heterocycles. The molecular weight excluding hydrogens is 253 g/mol. The summed E-state index contributed by atoms with van der Waals surface area (Å²) in [5.41, 5.74) is 2.32. The Kier molecular flexibility index (Phi) is 4.74. The molecule has 0 aromatic heterocycles. The van der Waals surface area contributed by atoms with E-state index in [1.807, 2.05) is 18.2 Å². The van der Waals surface area contributed by atoms with Gasteiger partial charge in [-0.2, -0.15) is 0 Å². The number of rotatable bonds is 3. The van der Waals surface area contributed by atoms with Gasteiger partial charge in [0.05, 0.1) is 10.7 Å². The van der Waals surface area contributed by atoms with E-state index in [1.54, 1.807) is 0 Å². The van der Waals surface area contributed by atoms with Crippen LogP contribution in [0, 0.1) is 5.41 Å². The summed E-state index contributed by atoms with van der Waals surface area (Å²) in [7, 11) is 2.08. The van der Waals surface area contributed by atoms with Crippen LogP contribution < -0.4 is 4.90 Å². The van der Waals surface area contributed by atoms with Crippen LogP contribution in [0.15, 0.2) is 18.2 Å². The highest BCUT2D eigenvalue weighted by molar-refractivity contribution is 6.33. The molecule has 0 aliphatic heterocycles. The van der Waals surface area contributed by atoms with Crippen molar-refractivity contribution < 1.29 is 0 Å². The van der Waals surface area contributed by atoms with Gasteiger partial charge in [-0.05, 0) is 24.0 Å². The first-order chi connectivity index (χ1) is 7.79. The molecule has 1 aromatic carbocycles. The lowest BCUT2D eigenvalue weighted by Crippen LogP contribution is -2.39. The Labute approximate surface area is 115 Å². The van der Waals surface area contributed by atoms with E-state index in [4.69, 9.17) is 23.2 Å². The zero-order valence-corrected chi connectivity index (χ0v) is 12.7. The maximum absolute atomic E-state index is 6.30. The van der Waals surface area contributed by atoms with Crippen LogP contribution in [0.2, 0.25) is 5.02 Å². The lowest BCUT2D eigenvalue weighted by Gasteiger charge is -2.38. The van der Waals surface area contributed by atoms with E-state index in [9.17, 15) is 0 Å². The third kappa shape index (κ3) is 3.29. The van der Waals surface area contributed by atoms with Gasteiger partial charge in [0.25, 0.3) is 0 Å². The number of para-hydroxylation sites is 1. The molecule has 96 valence electrons. The topological polar surface area (TPSA) is 3.24 Å². The van der Waals surface area contributed by atoms with Gasteiger partial charge in [0.2, 0.25) is 0 Å². The van der Waals surface area contributed by atoms with Crippen molar-refractivity contribution >= 4 is 28.9 Å². The Hall–Kier alpha value is -0.400. The van der Waals surface area contributed by atoms with Crippen molar-refractivity contribution in [2.24, 2.45) is 5.41 Å². The lowest BCUT2D eigenvalue weighted by atomic mass is 9.86. The van der Waals surface area contributed by atoms with Crippen LogP contribution in [0.5, 0.6) is 0 Å². The standard InChI is InChI=1S/C14H21Cl2N/c1-10(14(2,3)4)17(5)13-11(9-15)7-6-8-12(13)16/h6-8,10H,9H2,1-5H3. The quantitative estimate of drug-likeness (QED) is 0.705. The average molecular weight is 274 g/mol. The van der Waals surface area contributed by atoms with E-state index in [0.717, 1.165) is 16.3 Å². The summed E-state index contributed by atoms with van der Waals surface area (Å²) < 4.78 is 0. The van der Waals surface area contributed by atoms with Gasteiger partial charge < -0.3 is 4.90 Å². The monoisotopic (exact) mass is 273 g/mol. The summed E-state index contributed by atoms with van der Waals surface area (Å²) in [4.78, 5) is 2.22. The molecule has 0 amide bonds. The minimum atomic E-state index is 0.192. The SMILES string of the molecule is CC(N(C)c1c(Cl)cccc1CCl)C(C)(C)C. The average Bonchev–Trinajstić information content (AvgIpc) is 2.25. The van der Waals surface area contributed by atoms with Gasteiger partial charge in [-0.25, -0.2) is 0 Å². The Balaban J connectivity index is 3.16. The van der Waals surface area contributed by atoms with Crippen molar-refractivity contribution in [3.05, 3.63) is 28.8 Å². The molecule has 0 saturated carbocycles. The zero-order valence-electron chi connectivity index (χ0n) is 11.2. The van der Waals surface area contributed by atoms with Crippen LogP contribution in [-0.2, 0) is 5.88 Å². The molecule has 1 unspecified atom stereocenters. The van der Waals surface area contributed by atoms with Crippen LogP contribution in [0.3, 0.4) is 0 Å². The predicted octanol–water partition coefficient (Wildman–Crippen LogP) is 4.95. The number of nitrogens with zero attached hydrogens (tertiary/aromatic N) is 1. The zero-order chi connectivity index (χ0) is 13.2. The third-order valence-electron chi connectivity index (χ3n) is 3.40. The number of hydrogen-bond donors (Lipinski definition) is 0. The van der Waals surface area contributed by atoms with Crippen LogP contribution in [0.4, 0.5) is 5.69 Å². The van der Waals surface area contributed by atoms with Gasteiger partial charge in [0.15, 0.2) is 0 Å². The number of alkyl halides is 1. The fraction of sp³-hybridized carbons (Fsp3) is 0.571. The van der Waals surface area contributed by atoms with E-state index in [-0.39, 0.29) is 5.41 Å². The van der Waals surface area contributed by atoms with E-state index in [1.165, 1.54) is 0 Å². The highest BCUT2D eigenvalue weighted by Gasteiger charge is 2.26. The Morgan fingerprint density at radius 2 is 1.88 bits per heavy atom. The second-order valence-corrected chi connectivity index (χ2v) is 6.21. The molecule has 0 N–H and O–H groups in total. The summed E-state index contributed by atoms with van der Waals surface area (Å²) in [5, 5.41) is 0.766. The molecule has 0 aliphatic carbocycles. The Morgan fingerprint density at radius 1 is 1.29 bits per heavy atom. The molecular formula is C14H21Cl2N. The molecule has 1 atom stereocenters. The van der Waals surface area contributed by atoms with Gasteiger partial charge in [-0.15, -0.1) is 11.6 Å². The minimum Gasteiger partial charge on any atom is -0.370 e. The van der Waals surface area contributed by atoms with E-state index in [0.29, 0.717) is 11.9 Å². The third-order valence-corrected chi connectivity index (χ3v) is 3.99. The molecule has 1 nitrogen and oxygen atoms in total. The van der Waals surface area contributed by atoms with Gasteiger partial charge in [0, 0.05) is 19.0 Å². The molecule has 1 rings (SSSR count). The molecule has 17 heavy (non-hydrogen) atoms. The van der Waals surface area contributed by atoms with E-state index >= 15 is 0 Å². The maximum atomic E-state index is 6.30. The smallest absolute Gasteiger partial charge is 0.0642 e. The molecule has 0 aliphatic rings. The van der Waals surface area contributed by atoms with E-state index < -0.39 is 0 Å². The van der Waals surface area contributed by atoms with Crippen LogP contribution in [0.25, 0.3) is 0 Å². The molecule has 3 heteroatoms. The highest BCUT2D eigenvalue weighted by Crippen LogP contribution is 2.35. The highest BCUT2D eigenvalue weighted by atomic mass is 35.5. The predicted molar refractivity (Wildman–Crippen MR) is 78.3 cm³/mol. The molecule has 0 saturated heterocycles. The Morgan fingerprint density at radius 3 is 2.35 bits per heavy atom. The molecule has 0 fully saturated rings. The molecule has 0 bridgehead atoms. The molecule has 0 radical (unpaired) electrons. The van der Waals surface area contributed by atoms with Crippen molar-refractivity contribution in [2.45, 2.75) is 39.6 Å². The van der Waals surface area contributed by atoms with Gasteiger partial charge in [-0.3, -0.25) is 0 Å². The first kappa shape index (κ1) is 14.7. The van der Waals surface area contributed by atoms with Crippen LogP contribution >= 0.6 is 23.2 Å². The van der Waals surface area contributed by atoms with Crippen molar-refractivity contribution in [3.8, 4) is 0 Å². The Bertz CT molecular complexity index is 382. The van der Waals surface area contributed by atoms with E-state index in [2.05, 4.69) is 39.6 Å². The van der Waals surface area contributed by atoms with Gasteiger partial charge in [0.1, 0.15) is 0 Å². The maximum Gasteiger partial charge on any atom is 0.0642 e. The van der Waals surface area contributed by atoms with Crippen molar-refractivity contribution in [2.75, 3.05) is 11.9 Å². The van der Waals surface area contributed by atoms with Gasteiger partial charge >= 0.3 is 0 Å². The summed E-state index contributed by atoms with van der Waals surface area (Å²) >= 11 is 12.3. The number of benzene rings is 1. The lowest BCUT2D eigenvalue weighted by molar-refractivity contribution is 0.329. The largest absolute Gasteiger partial charge is 0.370 e. The van der Waals surface area contributed by atoms with Crippen LogP contribution in [0.1, 0.15) is 33.3 Å². The summed E-state index contributed by atoms with van der Waals surface area (Å²) in [6.45, 7) is 8.89. The second kappa shape index (κ2) is 5.49. The summed E-state index contributed by atoms with van der Waals surface area (Å²) in [6, 6.07) is 6.27. The molecule has 0 spiro atoms. The first-order valence-electron chi connectivity index (χ1n) is 5.85. The fourth-order valence-electron chi connectivity index (χ4n) is 1.84. The number of hydrogen-bond acceptors (Lipinski definition) is 1. The summed E-state index contributed by atoms with van der Waals surface area (Å²) in [5.74, 6) is 0.483. The van der Waals surface area contributed by atoms with Crippen molar-refractivity contribution in [1.82, 2.24) is 0 Å². The summed E-state index contributed by atoms with van der Waals surface area (Å²) in [6.07, 6.45) is 0. The second-order valence-electron chi connectivity index (χ2n) is 5.53. The molecule has 1 aromatic rings. The van der Waals surface area contributed by atoms with Crippen LogP contribution in [-0.4, -0.2) is 13.1 Å².